The summed E-state index contributed by atoms with van der Waals surface area (Å²) in [5.41, 5.74) is 1.13. The quantitative estimate of drug-likeness (QED) is 0.840. The molecule has 0 unspecified atom stereocenters. The van der Waals surface area contributed by atoms with Gasteiger partial charge in [0.05, 0.1) is 11.1 Å². The van der Waals surface area contributed by atoms with E-state index in [1.165, 1.54) is 29.3 Å². The molecule has 0 aliphatic carbocycles. The second kappa shape index (κ2) is 6.87. The first-order valence-corrected chi connectivity index (χ1v) is 8.82. The summed E-state index contributed by atoms with van der Waals surface area (Å²) in [6.07, 6.45) is 4.27. The number of aryl methyl sites for hydroxylation is 1. The van der Waals surface area contributed by atoms with E-state index in [9.17, 15) is 17.6 Å². The summed E-state index contributed by atoms with van der Waals surface area (Å²) in [6.45, 7) is 0. The molecular formula is C16H17FN2O3S. The number of hydrogen-bond donors (Lipinski definition) is 0. The number of sulfone groups is 1. The van der Waals surface area contributed by atoms with Crippen LogP contribution in [0.2, 0.25) is 0 Å². The molecule has 1 aromatic heterocycles. The molecule has 5 nitrogen and oxygen atoms in total. The maximum Gasteiger partial charge on any atom is 0.227 e. The summed E-state index contributed by atoms with van der Waals surface area (Å²) in [7, 11) is -1.76. The van der Waals surface area contributed by atoms with Crippen LogP contribution in [0.4, 0.5) is 10.1 Å². The highest BCUT2D eigenvalue weighted by atomic mass is 32.2. The molecule has 0 saturated carbocycles. The fourth-order valence-electron chi connectivity index (χ4n) is 2.08. The second-order valence-corrected chi connectivity index (χ2v) is 7.25. The Labute approximate surface area is 134 Å². The molecule has 0 saturated heterocycles. The third kappa shape index (κ3) is 4.59. The largest absolute Gasteiger partial charge is 0.315 e. The molecule has 0 spiro atoms. The normalized spacial score (nSPS) is 11.3. The maximum atomic E-state index is 13.1. The Morgan fingerprint density at radius 2 is 2.00 bits per heavy atom. The number of hydrogen-bond acceptors (Lipinski definition) is 4. The van der Waals surface area contributed by atoms with Gasteiger partial charge in [0.25, 0.3) is 0 Å². The Kier molecular flexibility index (Phi) is 5.10. The number of aromatic nitrogens is 1. The highest BCUT2D eigenvalue weighted by Crippen LogP contribution is 2.19. The van der Waals surface area contributed by atoms with Crippen molar-refractivity contribution in [3.05, 3.63) is 54.1 Å². The van der Waals surface area contributed by atoms with Gasteiger partial charge in [-0.2, -0.15) is 0 Å². The van der Waals surface area contributed by atoms with Crippen molar-refractivity contribution in [3.8, 4) is 0 Å². The molecule has 0 radical (unpaired) electrons. The van der Waals surface area contributed by atoms with Crippen LogP contribution in [0.5, 0.6) is 0 Å². The van der Waals surface area contributed by atoms with Crippen LogP contribution < -0.4 is 4.90 Å². The Bertz CT molecular complexity index is 822. The summed E-state index contributed by atoms with van der Waals surface area (Å²) < 4.78 is 36.2. The average molecular weight is 336 g/mol. The van der Waals surface area contributed by atoms with Crippen LogP contribution in [0, 0.1) is 5.82 Å². The van der Waals surface area contributed by atoms with Gasteiger partial charge in [-0.15, -0.1) is 0 Å². The van der Waals surface area contributed by atoms with E-state index in [4.69, 9.17) is 0 Å². The molecule has 0 atom stereocenters. The number of amides is 1. The standard InChI is InChI=1S/C16H17FN2O3S/c1-19(14-4-3-5-15(9-14)23(2,21)22)16(20)7-6-12-8-13(17)11-18-10-12/h3-5,8-11H,6-7H2,1-2H3. The van der Waals surface area contributed by atoms with Gasteiger partial charge < -0.3 is 4.90 Å². The SMILES string of the molecule is CN(C(=O)CCc1cncc(F)c1)c1cccc(S(C)(=O)=O)c1. The van der Waals surface area contributed by atoms with Gasteiger partial charge in [-0.05, 0) is 36.2 Å². The number of benzene rings is 1. The molecular weight excluding hydrogens is 319 g/mol. The Morgan fingerprint density at radius 3 is 2.65 bits per heavy atom. The molecule has 7 heteroatoms. The molecule has 0 aliphatic rings. The molecule has 0 fully saturated rings. The van der Waals surface area contributed by atoms with Crippen LogP contribution in [0.3, 0.4) is 0 Å². The van der Waals surface area contributed by atoms with Crippen molar-refractivity contribution in [1.82, 2.24) is 4.98 Å². The van der Waals surface area contributed by atoms with E-state index in [1.807, 2.05) is 0 Å². The van der Waals surface area contributed by atoms with Crippen molar-refractivity contribution in [3.63, 3.8) is 0 Å². The van der Waals surface area contributed by atoms with Gasteiger partial charge in [-0.1, -0.05) is 6.07 Å². The lowest BCUT2D eigenvalue weighted by molar-refractivity contribution is -0.118. The molecule has 2 rings (SSSR count). The topological polar surface area (TPSA) is 67.3 Å². The minimum absolute atomic E-state index is 0.156. The first-order chi connectivity index (χ1) is 10.8. The predicted octanol–water partition coefficient (Wildman–Crippen LogP) is 2.22. The molecule has 1 aromatic carbocycles. The molecule has 0 aliphatic heterocycles. The average Bonchev–Trinajstić information content (AvgIpc) is 2.51. The monoisotopic (exact) mass is 336 g/mol. The third-order valence-electron chi connectivity index (χ3n) is 3.40. The number of pyridine rings is 1. The fourth-order valence-corrected chi connectivity index (χ4v) is 2.74. The number of rotatable bonds is 5. The molecule has 122 valence electrons. The van der Waals surface area contributed by atoms with Crippen molar-refractivity contribution < 1.29 is 17.6 Å². The van der Waals surface area contributed by atoms with Gasteiger partial charge in [0.2, 0.25) is 5.91 Å². The smallest absolute Gasteiger partial charge is 0.227 e. The van der Waals surface area contributed by atoms with Gasteiger partial charge in [-0.25, -0.2) is 12.8 Å². The lowest BCUT2D eigenvalue weighted by Gasteiger charge is -2.18. The van der Waals surface area contributed by atoms with Crippen molar-refractivity contribution in [2.45, 2.75) is 17.7 Å². The third-order valence-corrected chi connectivity index (χ3v) is 4.51. The zero-order chi connectivity index (χ0) is 17.0. The molecule has 1 heterocycles. The zero-order valence-electron chi connectivity index (χ0n) is 12.9. The van der Waals surface area contributed by atoms with Gasteiger partial charge in [0.1, 0.15) is 5.82 Å². The predicted molar refractivity (Wildman–Crippen MR) is 85.5 cm³/mol. The van der Waals surface area contributed by atoms with Gasteiger partial charge in [-0.3, -0.25) is 9.78 Å². The molecule has 23 heavy (non-hydrogen) atoms. The van der Waals surface area contributed by atoms with Crippen LogP contribution in [0.15, 0.2) is 47.6 Å². The summed E-state index contributed by atoms with van der Waals surface area (Å²) in [4.78, 5) is 17.5. The van der Waals surface area contributed by atoms with E-state index in [2.05, 4.69) is 4.98 Å². The van der Waals surface area contributed by atoms with Gasteiger partial charge >= 0.3 is 0 Å². The van der Waals surface area contributed by atoms with Crippen LogP contribution in [0.25, 0.3) is 0 Å². The Hall–Kier alpha value is -2.28. The highest BCUT2D eigenvalue weighted by molar-refractivity contribution is 7.90. The molecule has 1 amide bonds. The fraction of sp³-hybridized carbons (Fsp3) is 0.250. The zero-order valence-corrected chi connectivity index (χ0v) is 13.7. The maximum absolute atomic E-state index is 13.1. The van der Waals surface area contributed by atoms with Crippen LogP contribution in [0.1, 0.15) is 12.0 Å². The van der Waals surface area contributed by atoms with Gasteiger partial charge in [0.15, 0.2) is 9.84 Å². The number of carbonyl (C=O) groups excluding carboxylic acids is 1. The highest BCUT2D eigenvalue weighted by Gasteiger charge is 2.14. The van der Waals surface area contributed by atoms with E-state index in [-0.39, 0.29) is 17.2 Å². The van der Waals surface area contributed by atoms with E-state index in [0.29, 0.717) is 17.7 Å². The van der Waals surface area contributed by atoms with Crippen LogP contribution >= 0.6 is 0 Å². The summed E-state index contributed by atoms with van der Waals surface area (Å²) in [6, 6.07) is 7.53. The number of halogens is 1. The Morgan fingerprint density at radius 1 is 1.26 bits per heavy atom. The van der Waals surface area contributed by atoms with Crippen molar-refractivity contribution in [2.75, 3.05) is 18.2 Å². The van der Waals surface area contributed by atoms with Crippen LogP contribution in [-0.2, 0) is 21.1 Å². The molecule has 0 bridgehead atoms. The van der Waals surface area contributed by atoms with E-state index >= 15 is 0 Å². The lowest BCUT2D eigenvalue weighted by Crippen LogP contribution is -2.26. The number of carbonyl (C=O) groups is 1. The van der Waals surface area contributed by atoms with E-state index in [0.717, 1.165) is 12.5 Å². The van der Waals surface area contributed by atoms with Gasteiger partial charge in [0, 0.05) is 31.6 Å². The second-order valence-electron chi connectivity index (χ2n) is 5.23. The first-order valence-electron chi connectivity index (χ1n) is 6.93. The van der Waals surface area contributed by atoms with E-state index < -0.39 is 15.7 Å². The number of nitrogens with zero attached hydrogens (tertiary/aromatic N) is 2. The molecule has 2 aromatic rings. The van der Waals surface area contributed by atoms with Crippen LogP contribution in [-0.4, -0.2) is 32.6 Å². The molecule has 0 N–H and O–H groups in total. The minimum atomic E-state index is -3.33. The van der Waals surface area contributed by atoms with E-state index in [1.54, 1.807) is 19.2 Å². The summed E-state index contributed by atoms with van der Waals surface area (Å²) in [5, 5.41) is 0. The summed E-state index contributed by atoms with van der Waals surface area (Å²) >= 11 is 0. The first kappa shape index (κ1) is 17.1. The number of anilines is 1. The Balaban J connectivity index is 2.08. The van der Waals surface area contributed by atoms with Crippen molar-refractivity contribution >= 4 is 21.4 Å². The lowest BCUT2D eigenvalue weighted by atomic mass is 10.1. The summed E-state index contributed by atoms with van der Waals surface area (Å²) in [5.74, 6) is -0.635. The minimum Gasteiger partial charge on any atom is -0.315 e. The van der Waals surface area contributed by atoms with Crippen molar-refractivity contribution in [2.24, 2.45) is 0 Å². The van der Waals surface area contributed by atoms with Crippen molar-refractivity contribution in [1.29, 1.82) is 0 Å².